The molecule has 2 aromatic rings. The molecule has 8 nitrogen and oxygen atoms in total. The summed E-state index contributed by atoms with van der Waals surface area (Å²) in [4.78, 5) is 17.7. The summed E-state index contributed by atoms with van der Waals surface area (Å²) in [7, 11) is 0. The molecule has 0 saturated carbocycles. The van der Waals surface area contributed by atoms with E-state index in [1.165, 1.54) is 17.3 Å². The van der Waals surface area contributed by atoms with E-state index in [-0.39, 0.29) is 18.6 Å². The van der Waals surface area contributed by atoms with Gasteiger partial charge in [0, 0.05) is 19.0 Å². The van der Waals surface area contributed by atoms with E-state index in [0.29, 0.717) is 19.0 Å². The average Bonchev–Trinajstić information content (AvgIpc) is 3.13. The van der Waals surface area contributed by atoms with Gasteiger partial charge in [0.15, 0.2) is 0 Å². The van der Waals surface area contributed by atoms with Crippen LogP contribution in [0.4, 0.5) is 0 Å². The Morgan fingerprint density at radius 2 is 2.33 bits per heavy atom. The van der Waals surface area contributed by atoms with Crippen molar-refractivity contribution in [3.8, 4) is 5.88 Å². The first-order valence-corrected chi connectivity index (χ1v) is 6.78. The number of hydrogen-bond donors (Lipinski definition) is 0. The Labute approximate surface area is 121 Å². The van der Waals surface area contributed by atoms with E-state index in [9.17, 15) is 4.79 Å². The topological polar surface area (TPSA) is 86.0 Å². The summed E-state index contributed by atoms with van der Waals surface area (Å²) in [6.45, 7) is 3.31. The summed E-state index contributed by atoms with van der Waals surface area (Å²) in [6.07, 6.45) is 3.70. The van der Waals surface area contributed by atoms with Crippen molar-refractivity contribution in [2.45, 2.75) is 26.0 Å². The van der Waals surface area contributed by atoms with Crippen LogP contribution in [-0.2, 0) is 11.3 Å². The van der Waals surface area contributed by atoms with Crippen molar-refractivity contribution in [2.75, 3.05) is 13.1 Å². The third-order valence-electron chi connectivity index (χ3n) is 3.32. The minimum Gasteiger partial charge on any atom is -0.471 e. The van der Waals surface area contributed by atoms with Crippen LogP contribution >= 0.6 is 0 Å². The van der Waals surface area contributed by atoms with Gasteiger partial charge in [0.1, 0.15) is 25.3 Å². The predicted octanol–water partition coefficient (Wildman–Crippen LogP) is 0.0564. The van der Waals surface area contributed by atoms with Gasteiger partial charge in [0.05, 0.1) is 12.2 Å². The molecule has 0 N–H and O–H groups in total. The van der Waals surface area contributed by atoms with Crippen LogP contribution in [0, 0.1) is 6.92 Å². The fraction of sp³-hybridized carbons (Fsp3) is 0.462. The van der Waals surface area contributed by atoms with Crippen LogP contribution in [0.1, 0.15) is 12.1 Å². The number of carbonyl (C=O) groups excluding carboxylic acids is 1. The third kappa shape index (κ3) is 3.33. The smallest absolute Gasteiger partial charge is 0.244 e. The fourth-order valence-corrected chi connectivity index (χ4v) is 2.22. The molecule has 1 fully saturated rings. The zero-order chi connectivity index (χ0) is 14.7. The lowest BCUT2D eigenvalue weighted by atomic mass is 10.3. The van der Waals surface area contributed by atoms with Crippen molar-refractivity contribution in [3.63, 3.8) is 0 Å². The molecule has 1 unspecified atom stereocenters. The van der Waals surface area contributed by atoms with E-state index in [2.05, 4.69) is 20.3 Å². The van der Waals surface area contributed by atoms with Crippen LogP contribution in [0.3, 0.4) is 0 Å². The van der Waals surface area contributed by atoms with Crippen molar-refractivity contribution in [2.24, 2.45) is 0 Å². The molecule has 1 amide bonds. The van der Waals surface area contributed by atoms with Gasteiger partial charge in [-0.05, 0) is 13.0 Å². The predicted molar refractivity (Wildman–Crippen MR) is 72.4 cm³/mol. The van der Waals surface area contributed by atoms with Gasteiger partial charge in [-0.1, -0.05) is 0 Å². The van der Waals surface area contributed by atoms with Crippen LogP contribution in [-0.4, -0.2) is 55.0 Å². The fourth-order valence-electron chi connectivity index (χ4n) is 2.22. The molecule has 0 radical (unpaired) electrons. The number of amides is 1. The maximum absolute atomic E-state index is 12.1. The summed E-state index contributed by atoms with van der Waals surface area (Å²) in [6, 6.07) is 3.65. The lowest BCUT2D eigenvalue weighted by Gasteiger charge is -2.16. The number of aromatic nitrogens is 5. The lowest BCUT2D eigenvalue weighted by molar-refractivity contribution is -0.131. The first kappa shape index (κ1) is 13.5. The molecule has 0 spiro atoms. The van der Waals surface area contributed by atoms with Crippen molar-refractivity contribution in [1.29, 1.82) is 0 Å². The summed E-state index contributed by atoms with van der Waals surface area (Å²) >= 11 is 0. The SMILES string of the molecule is Cc1ccc(OC2CCN(C(=O)Cn3cncn3)C2)nn1. The molecule has 3 heterocycles. The number of carbonyl (C=O) groups is 1. The van der Waals surface area contributed by atoms with E-state index < -0.39 is 0 Å². The second kappa shape index (κ2) is 5.86. The Morgan fingerprint density at radius 3 is 3.05 bits per heavy atom. The van der Waals surface area contributed by atoms with E-state index in [0.717, 1.165) is 12.1 Å². The molecule has 1 saturated heterocycles. The maximum atomic E-state index is 12.1. The first-order valence-electron chi connectivity index (χ1n) is 6.78. The zero-order valence-corrected chi connectivity index (χ0v) is 11.7. The van der Waals surface area contributed by atoms with Crippen molar-refractivity contribution >= 4 is 5.91 Å². The number of aryl methyl sites for hydroxylation is 1. The van der Waals surface area contributed by atoms with Crippen LogP contribution < -0.4 is 4.74 Å². The van der Waals surface area contributed by atoms with E-state index in [4.69, 9.17) is 4.74 Å². The van der Waals surface area contributed by atoms with E-state index >= 15 is 0 Å². The normalized spacial score (nSPS) is 18.0. The van der Waals surface area contributed by atoms with Gasteiger partial charge in [0.2, 0.25) is 11.8 Å². The molecule has 1 aliphatic rings. The highest BCUT2D eigenvalue weighted by Gasteiger charge is 2.28. The van der Waals surface area contributed by atoms with Gasteiger partial charge in [-0.2, -0.15) is 10.2 Å². The standard InChI is InChI=1S/C13H16N6O2/c1-10-2-3-12(17-16-10)21-11-4-5-18(6-11)13(20)7-19-9-14-8-15-19/h2-3,8-9,11H,4-7H2,1H3. The molecular weight excluding hydrogens is 272 g/mol. The van der Waals surface area contributed by atoms with Gasteiger partial charge in [-0.15, -0.1) is 5.10 Å². The highest BCUT2D eigenvalue weighted by molar-refractivity contribution is 5.76. The number of hydrogen-bond acceptors (Lipinski definition) is 6. The monoisotopic (exact) mass is 288 g/mol. The van der Waals surface area contributed by atoms with Gasteiger partial charge < -0.3 is 9.64 Å². The molecule has 0 aromatic carbocycles. The summed E-state index contributed by atoms with van der Waals surface area (Å²) in [5.41, 5.74) is 0.846. The van der Waals surface area contributed by atoms with E-state index in [1.54, 1.807) is 11.0 Å². The van der Waals surface area contributed by atoms with Crippen LogP contribution in [0.25, 0.3) is 0 Å². The Morgan fingerprint density at radius 1 is 1.43 bits per heavy atom. The first-order chi connectivity index (χ1) is 10.2. The Hall–Kier alpha value is -2.51. The molecule has 1 atom stereocenters. The Bertz CT molecular complexity index is 598. The zero-order valence-electron chi connectivity index (χ0n) is 11.7. The molecule has 2 aromatic heterocycles. The summed E-state index contributed by atoms with van der Waals surface area (Å²) < 4.78 is 7.26. The maximum Gasteiger partial charge on any atom is 0.244 e. The minimum absolute atomic E-state index is 0.0154. The van der Waals surface area contributed by atoms with Crippen LogP contribution in [0.5, 0.6) is 5.88 Å². The molecule has 0 bridgehead atoms. The Kier molecular flexibility index (Phi) is 3.76. The van der Waals surface area contributed by atoms with Gasteiger partial charge in [-0.25, -0.2) is 9.67 Å². The van der Waals surface area contributed by atoms with Gasteiger partial charge in [-0.3, -0.25) is 4.79 Å². The number of ether oxygens (including phenoxy) is 1. The molecule has 21 heavy (non-hydrogen) atoms. The largest absolute Gasteiger partial charge is 0.471 e. The van der Waals surface area contributed by atoms with Gasteiger partial charge >= 0.3 is 0 Å². The van der Waals surface area contributed by atoms with Crippen LogP contribution in [0.15, 0.2) is 24.8 Å². The second-order valence-electron chi connectivity index (χ2n) is 4.97. The van der Waals surface area contributed by atoms with Crippen molar-refractivity contribution in [3.05, 3.63) is 30.5 Å². The summed E-state index contributed by atoms with van der Waals surface area (Å²) in [5.74, 6) is 0.512. The number of nitrogens with zero attached hydrogens (tertiary/aromatic N) is 6. The van der Waals surface area contributed by atoms with Crippen molar-refractivity contribution in [1.82, 2.24) is 29.9 Å². The molecule has 110 valence electrons. The molecule has 8 heteroatoms. The minimum atomic E-state index is -0.0401. The number of likely N-dealkylation sites (tertiary alicyclic amines) is 1. The molecule has 0 aliphatic carbocycles. The van der Waals surface area contributed by atoms with Crippen molar-refractivity contribution < 1.29 is 9.53 Å². The summed E-state index contributed by atoms with van der Waals surface area (Å²) in [5, 5.41) is 11.9. The highest BCUT2D eigenvalue weighted by atomic mass is 16.5. The quantitative estimate of drug-likeness (QED) is 0.790. The molecule has 3 rings (SSSR count). The molecular formula is C13H16N6O2. The van der Waals surface area contributed by atoms with E-state index in [1.807, 2.05) is 13.0 Å². The number of rotatable bonds is 4. The third-order valence-corrected chi connectivity index (χ3v) is 3.32. The highest BCUT2D eigenvalue weighted by Crippen LogP contribution is 2.16. The average molecular weight is 288 g/mol. The lowest BCUT2D eigenvalue weighted by Crippen LogP contribution is -2.33. The van der Waals surface area contributed by atoms with Crippen LogP contribution in [0.2, 0.25) is 0 Å². The van der Waals surface area contributed by atoms with Gasteiger partial charge in [0.25, 0.3) is 0 Å². The molecule has 1 aliphatic heterocycles. The second-order valence-corrected chi connectivity index (χ2v) is 4.97. The Balaban J connectivity index is 1.53.